The summed E-state index contributed by atoms with van der Waals surface area (Å²) >= 11 is 0. The predicted octanol–water partition coefficient (Wildman–Crippen LogP) is 1.02. The van der Waals surface area contributed by atoms with Crippen molar-refractivity contribution in [3.8, 4) is 0 Å². The van der Waals surface area contributed by atoms with Crippen molar-refractivity contribution in [3.05, 3.63) is 12.2 Å². The minimum Gasteiger partial charge on any atom is -0.481 e. The molecule has 0 radical (unpaired) electrons. The predicted molar refractivity (Wildman–Crippen MR) is 82.5 cm³/mol. The zero-order chi connectivity index (χ0) is 16.0. The molecule has 22 heavy (non-hydrogen) atoms. The number of carboxylic acids is 1. The maximum Gasteiger partial charge on any atom is 0.307 e. The summed E-state index contributed by atoms with van der Waals surface area (Å²) in [6, 6.07) is 0. The fourth-order valence-electron chi connectivity index (χ4n) is 3.38. The van der Waals surface area contributed by atoms with Crippen molar-refractivity contribution in [1.29, 1.82) is 0 Å². The van der Waals surface area contributed by atoms with Gasteiger partial charge in [0.05, 0.1) is 24.6 Å². The third-order valence-corrected chi connectivity index (χ3v) is 4.51. The van der Waals surface area contributed by atoms with Crippen LogP contribution >= 0.6 is 0 Å². The third-order valence-electron chi connectivity index (χ3n) is 4.51. The molecule has 6 heteroatoms. The van der Waals surface area contributed by atoms with Gasteiger partial charge in [-0.15, -0.1) is 0 Å². The lowest BCUT2D eigenvalue weighted by Gasteiger charge is -2.37. The normalized spacial score (nSPS) is 29.2. The number of carboxylic acid groups (broad SMARTS) is 1. The van der Waals surface area contributed by atoms with Gasteiger partial charge in [-0.1, -0.05) is 12.2 Å². The average molecular weight is 310 g/mol. The van der Waals surface area contributed by atoms with E-state index in [2.05, 4.69) is 17.5 Å². The monoisotopic (exact) mass is 310 g/mol. The Bertz CT molecular complexity index is 438. The number of allylic oxidation sites excluding steroid dienone is 1. The fourth-order valence-corrected chi connectivity index (χ4v) is 3.38. The molecule has 2 rings (SSSR count). The molecule has 0 aromatic carbocycles. The lowest BCUT2D eigenvalue weighted by atomic mass is 9.86. The van der Waals surface area contributed by atoms with E-state index in [-0.39, 0.29) is 23.9 Å². The summed E-state index contributed by atoms with van der Waals surface area (Å²) < 4.78 is 5.28. The van der Waals surface area contributed by atoms with Crippen LogP contribution in [0.5, 0.6) is 0 Å². The van der Waals surface area contributed by atoms with Crippen molar-refractivity contribution in [3.63, 3.8) is 0 Å². The Morgan fingerprint density at radius 2 is 2.27 bits per heavy atom. The van der Waals surface area contributed by atoms with Crippen LogP contribution in [0.2, 0.25) is 0 Å². The lowest BCUT2D eigenvalue weighted by Crippen LogP contribution is -2.55. The summed E-state index contributed by atoms with van der Waals surface area (Å²) in [5.41, 5.74) is -0.317. The summed E-state index contributed by atoms with van der Waals surface area (Å²) in [5, 5.41) is 12.2. The second-order valence-electron chi connectivity index (χ2n) is 6.39. The first-order chi connectivity index (χ1) is 10.5. The Morgan fingerprint density at radius 3 is 2.91 bits per heavy atom. The molecule has 0 bridgehead atoms. The van der Waals surface area contributed by atoms with Gasteiger partial charge in [0.25, 0.3) is 0 Å². The van der Waals surface area contributed by atoms with Crippen LogP contribution in [0.15, 0.2) is 12.2 Å². The van der Waals surface area contributed by atoms with Gasteiger partial charge in [-0.2, -0.15) is 0 Å². The molecular formula is C16H26N2O4. The molecule has 0 saturated carbocycles. The summed E-state index contributed by atoms with van der Waals surface area (Å²) in [6.45, 7) is 2.01. The molecule has 1 aliphatic carbocycles. The lowest BCUT2D eigenvalue weighted by molar-refractivity contribution is -0.144. The van der Waals surface area contributed by atoms with E-state index >= 15 is 0 Å². The van der Waals surface area contributed by atoms with Crippen LogP contribution in [-0.2, 0) is 14.3 Å². The van der Waals surface area contributed by atoms with Crippen molar-refractivity contribution >= 4 is 11.9 Å². The van der Waals surface area contributed by atoms with Gasteiger partial charge < -0.3 is 15.2 Å². The highest BCUT2D eigenvalue weighted by atomic mass is 16.5. The third kappa shape index (κ3) is 4.55. The van der Waals surface area contributed by atoms with E-state index in [9.17, 15) is 9.59 Å². The molecule has 0 spiro atoms. The number of amides is 1. The highest BCUT2D eigenvalue weighted by Crippen LogP contribution is 2.24. The zero-order valence-electron chi connectivity index (χ0n) is 13.2. The number of rotatable bonds is 6. The number of methoxy groups -OCH3 is 1. The first-order valence-corrected chi connectivity index (χ1v) is 7.95. The number of nitrogens with zero attached hydrogens (tertiary/aromatic N) is 1. The average Bonchev–Trinajstić information content (AvgIpc) is 2.48. The van der Waals surface area contributed by atoms with Crippen molar-refractivity contribution < 1.29 is 19.4 Å². The van der Waals surface area contributed by atoms with Crippen molar-refractivity contribution in [2.45, 2.75) is 37.6 Å². The van der Waals surface area contributed by atoms with Crippen LogP contribution in [0.4, 0.5) is 0 Å². The zero-order valence-corrected chi connectivity index (χ0v) is 13.2. The Balaban J connectivity index is 1.88. The molecule has 0 aromatic heterocycles. The minimum atomic E-state index is -0.765. The highest BCUT2D eigenvalue weighted by molar-refractivity contribution is 5.79. The quantitative estimate of drug-likeness (QED) is 0.716. The molecular weight excluding hydrogens is 284 g/mol. The van der Waals surface area contributed by atoms with Crippen LogP contribution < -0.4 is 5.32 Å². The topological polar surface area (TPSA) is 78.9 Å². The maximum absolute atomic E-state index is 12.4. The fraction of sp³-hybridized carbons (Fsp3) is 0.750. The molecule has 6 nitrogen and oxygen atoms in total. The molecule has 1 amide bonds. The first kappa shape index (κ1) is 17.0. The Morgan fingerprint density at radius 1 is 1.45 bits per heavy atom. The summed E-state index contributed by atoms with van der Waals surface area (Å²) in [4.78, 5) is 25.4. The molecule has 1 heterocycles. The van der Waals surface area contributed by atoms with Gasteiger partial charge >= 0.3 is 5.97 Å². The van der Waals surface area contributed by atoms with E-state index < -0.39 is 5.97 Å². The molecule has 1 fully saturated rings. The number of hydrogen-bond donors (Lipinski definition) is 2. The van der Waals surface area contributed by atoms with E-state index in [4.69, 9.17) is 9.84 Å². The van der Waals surface area contributed by atoms with Gasteiger partial charge in [0.2, 0.25) is 5.91 Å². The first-order valence-electron chi connectivity index (χ1n) is 7.95. The number of ether oxygens (including phenoxy) is 1. The molecule has 0 aromatic rings. The second-order valence-corrected chi connectivity index (χ2v) is 6.39. The van der Waals surface area contributed by atoms with E-state index in [0.29, 0.717) is 19.6 Å². The van der Waals surface area contributed by atoms with E-state index in [1.807, 2.05) is 4.90 Å². The Kier molecular flexibility index (Phi) is 5.97. The molecule has 124 valence electrons. The highest BCUT2D eigenvalue weighted by Gasteiger charge is 2.33. The van der Waals surface area contributed by atoms with Crippen LogP contribution in [0.1, 0.15) is 32.1 Å². The second kappa shape index (κ2) is 7.74. The molecule has 2 unspecified atom stereocenters. The van der Waals surface area contributed by atoms with Gasteiger partial charge in [0, 0.05) is 13.7 Å². The summed E-state index contributed by atoms with van der Waals surface area (Å²) in [6.07, 6.45) is 8.34. The van der Waals surface area contributed by atoms with E-state index in [0.717, 1.165) is 32.2 Å². The van der Waals surface area contributed by atoms with Crippen LogP contribution in [-0.4, -0.2) is 60.8 Å². The number of hydrogen-bond acceptors (Lipinski definition) is 4. The van der Waals surface area contributed by atoms with Crippen LogP contribution in [0.3, 0.4) is 0 Å². The number of aliphatic carboxylic acids is 1. The number of carbonyl (C=O) groups excluding carboxylic acids is 1. The van der Waals surface area contributed by atoms with Gasteiger partial charge in [-0.3, -0.25) is 14.5 Å². The van der Waals surface area contributed by atoms with Gasteiger partial charge in [0.15, 0.2) is 0 Å². The largest absolute Gasteiger partial charge is 0.481 e. The van der Waals surface area contributed by atoms with Crippen molar-refractivity contribution in [1.82, 2.24) is 10.2 Å². The Labute approximate surface area is 131 Å². The van der Waals surface area contributed by atoms with Gasteiger partial charge in [-0.05, 0) is 38.6 Å². The number of nitrogens with one attached hydrogen (secondary N) is 1. The smallest absolute Gasteiger partial charge is 0.307 e. The van der Waals surface area contributed by atoms with Crippen molar-refractivity contribution in [2.24, 2.45) is 5.92 Å². The molecule has 1 saturated heterocycles. The van der Waals surface area contributed by atoms with Crippen LogP contribution in [0, 0.1) is 5.92 Å². The minimum absolute atomic E-state index is 0.0432. The van der Waals surface area contributed by atoms with E-state index in [1.165, 1.54) is 0 Å². The summed E-state index contributed by atoms with van der Waals surface area (Å²) in [7, 11) is 1.65. The van der Waals surface area contributed by atoms with Gasteiger partial charge in [0.1, 0.15) is 0 Å². The maximum atomic E-state index is 12.4. The van der Waals surface area contributed by atoms with Crippen molar-refractivity contribution in [2.75, 3.05) is 33.4 Å². The van der Waals surface area contributed by atoms with Gasteiger partial charge in [-0.25, -0.2) is 0 Å². The SMILES string of the molecule is COCC1(NC(=O)CN2CCCC(C(=O)O)C2)CC=CCC1. The number of carbonyl (C=O) groups is 2. The van der Waals surface area contributed by atoms with Crippen LogP contribution in [0.25, 0.3) is 0 Å². The molecule has 1 aliphatic heterocycles. The number of likely N-dealkylation sites (tertiary alicyclic amines) is 1. The summed E-state index contributed by atoms with van der Waals surface area (Å²) in [5.74, 6) is -1.16. The molecule has 2 atom stereocenters. The van der Waals surface area contributed by atoms with E-state index in [1.54, 1.807) is 7.11 Å². The number of piperidine rings is 1. The standard InChI is InChI=1S/C16H26N2O4/c1-22-12-16(7-3-2-4-8-16)17-14(19)11-18-9-5-6-13(10-18)15(20)21/h2-3,13H,4-12H2,1H3,(H,17,19)(H,20,21). The molecule has 2 aliphatic rings. The Hall–Kier alpha value is -1.40. The molecule has 2 N–H and O–H groups in total.